The van der Waals surface area contributed by atoms with Gasteiger partial charge in [0.1, 0.15) is 5.75 Å². The molecule has 0 unspecified atom stereocenters. The Labute approximate surface area is 156 Å². The molecule has 1 N–H and O–H groups in total. The van der Waals surface area contributed by atoms with E-state index in [4.69, 9.17) is 9.15 Å². The van der Waals surface area contributed by atoms with E-state index < -0.39 is 0 Å². The Hall–Kier alpha value is -2.80. The highest BCUT2D eigenvalue weighted by Gasteiger charge is 2.14. The number of anilines is 1. The highest BCUT2D eigenvalue weighted by molar-refractivity contribution is 7.99. The van der Waals surface area contributed by atoms with Crippen LogP contribution in [-0.2, 0) is 11.2 Å². The van der Waals surface area contributed by atoms with Crippen LogP contribution in [0.2, 0.25) is 0 Å². The molecule has 1 amide bonds. The Morgan fingerprint density at radius 2 is 1.92 bits per heavy atom. The number of aryl methyl sites for hydroxylation is 1. The molecule has 3 aromatic rings. The number of nitrogens with zero attached hydrogens (tertiary/aromatic N) is 2. The molecule has 134 valence electrons. The largest absolute Gasteiger partial charge is 0.496 e. The van der Waals surface area contributed by atoms with Crippen molar-refractivity contribution in [3.8, 4) is 17.2 Å². The van der Waals surface area contributed by atoms with Crippen LogP contribution < -0.4 is 10.1 Å². The lowest BCUT2D eigenvalue weighted by Crippen LogP contribution is -2.13. The van der Waals surface area contributed by atoms with E-state index in [2.05, 4.69) is 22.4 Å². The summed E-state index contributed by atoms with van der Waals surface area (Å²) in [7, 11) is 1.59. The highest BCUT2D eigenvalue weighted by Crippen LogP contribution is 2.30. The predicted molar refractivity (Wildman–Crippen MR) is 101 cm³/mol. The van der Waals surface area contributed by atoms with Gasteiger partial charge >= 0.3 is 0 Å². The fourth-order valence-electron chi connectivity index (χ4n) is 2.35. The van der Waals surface area contributed by atoms with Gasteiger partial charge in [0.2, 0.25) is 5.91 Å². The molecule has 0 bridgehead atoms. The van der Waals surface area contributed by atoms with Gasteiger partial charge in [-0.15, -0.1) is 10.2 Å². The molecule has 2 aromatic carbocycles. The first kappa shape index (κ1) is 18.0. The number of benzene rings is 2. The fourth-order valence-corrected chi connectivity index (χ4v) is 2.91. The number of thioether (sulfide) groups is 1. The van der Waals surface area contributed by atoms with Crippen LogP contribution in [0.15, 0.2) is 58.2 Å². The number of ether oxygens (including phenoxy) is 1. The minimum absolute atomic E-state index is 0.128. The fraction of sp³-hybridized carbons (Fsp3) is 0.211. The predicted octanol–water partition coefficient (Wildman–Crippen LogP) is 4.04. The molecule has 0 aliphatic heterocycles. The first-order valence-electron chi connectivity index (χ1n) is 8.18. The van der Waals surface area contributed by atoms with Crippen molar-refractivity contribution in [1.82, 2.24) is 10.2 Å². The standard InChI is InChI=1S/C19H19N3O3S/c1-3-13-8-10-14(11-9-13)20-17(23)12-26-19-22-21-18(25-19)15-6-4-5-7-16(15)24-2/h4-11H,3,12H2,1-2H3,(H,20,23). The van der Waals surface area contributed by atoms with Crippen LogP contribution >= 0.6 is 11.8 Å². The molecule has 0 fully saturated rings. The number of rotatable bonds is 7. The average molecular weight is 369 g/mol. The summed E-state index contributed by atoms with van der Waals surface area (Å²) in [5, 5.41) is 11.2. The second-order valence-corrected chi connectivity index (χ2v) is 6.39. The van der Waals surface area contributed by atoms with Gasteiger partial charge in [0, 0.05) is 5.69 Å². The van der Waals surface area contributed by atoms with Crippen LogP contribution in [0.3, 0.4) is 0 Å². The normalized spacial score (nSPS) is 10.5. The van der Waals surface area contributed by atoms with Crippen LogP contribution in [0.1, 0.15) is 12.5 Å². The van der Waals surface area contributed by atoms with Crippen molar-refractivity contribution in [2.24, 2.45) is 0 Å². The Morgan fingerprint density at radius 1 is 1.15 bits per heavy atom. The second-order valence-electron chi connectivity index (χ2n) is 5.46. The Kier molecular flexibility index (Phi) is 5.91. The lowest BCUT2D eigenvalue weighted by atomic mass is 10.1. The van der Waals surface area contributed by atoms with Crippen molar-refractivity contribution >= 4 is 23.4 Å². The zero-order valence-electron chi connectivity index (χ0n) is 14.6. The summed E-state index contributed by atoms with van der Waals surface area (Å²) in [5.41, 5.74) is 2.72. The summed E-state index contributed by atoms with van der Waals surface area (Å²) in [6, 6.07) is 15.2. The Bertz CT molecular complexity index is 878. The van der Waals surface area contributed by atoms with Crippen molar-refractivity contribution in [3.63, 3.8) is 0 Å². The van der Waals surface area contributed by atoms with E-state index in [9.17, 15) is 4.79 Å². The second kappa shape index (κ2) is 8.53. The zero-order valence-corrected chi connectivity index (χ0v) is 15.4. The van der Waals surface area contributed by atoms with Gasteiger partial charge in [-0.25, -0.2) is 0 Å². The Morgan fingerprint density at radius 3 is 2.65 bits per heavy atom. The van der Waals surface area contributed by atoms with E-state index in [-0.39, 0.29) is 11.7 Å². The molecular formula is C19H19N3O3S. The molecule has 0 atom stereocenters. The number of hydrogen-bond donors (Lipinski definition) is 1. The summed E-state index contributed by atoms with van der Waals surface area (Å²) in [5.74, 6) is 1.07. The van der Waals surface area contributed by atoms with Gasteiger partial charge in [-0.2, -0.15) is 0 Å². The number of carbonyl (C=O) groups is 1. The van der Waals surface area contributed by atoms with E-state index in [0.717, 1.165) is 17.7 Å². The van der Waals surface area contributed by atoms with Crippen LogP contribution in [-0.4, -0.2) is 29.0 Å². The minimum Gasteiger partial charge on any atom is -0.496 e. The summed E-state index contributed by atoms with van der Waals surface area (Å²) >= 11 is 1.19. The van der Waals surface area contributed by atoms with Gasteiger partial charge < -0.3 is 14.5 Å². The Balaban J connectivity index is 1.58. The molecule has 6 nitrogen and oxygen atoms in total. The van der Waals surface area contributed by atoms with E-state index in [0.29, 0.717) is 16.9 Å². The van der Waals surface area contributed by atoms with Crippen LogP contribution in [0.4, 0.5) is 5.69 Å². The quantitative estimate of drug-likeness (QED) is 0.634. The van der Waals surface area contributed by atoms with Gasteiger partial charge in [0.05, 0.1) is 18.4 Å². The van der Waals surface area contributed by atoms with Gasteiger partial charge in [0.15, 0.2) is 0 Å². The molecule has 1 aromatic heterocycles. The third-order valence-electron chi connectivity index (χ3n) is 3.72. The van der Waals surface area contributed by atoms with E-state index in [1.165, 1.54) is 17.3 Å². The zero-order chi connectivity index (χ0) is 18.4. The van der Waals surface area contributed by atoms with E-state index in [1.54, 1.807) is 7.11 Å². The smallest absolute Gasteiger partial charge is 0.277 e. The van der Waals surface area contributed by atoms with Crippen LogP contribution in [0.5, 0.6) is 5.75 Å². The lowest BCUT2D eigenvalue weighted by molar-refractivity contribution is -0.113. The first-order valence-corrected chi connectivity index (χ1v) is 9.16. The summed E-state index contributed by atoms with van der Waals surface area (Å²) in [6.07, 6.45) is 0.968. The maximum Gasteiger partial charge on any atom is 0.277 e. The molecule has 0 saturated heterocycles. The summed E-state index contributed by atoms with van der Waals surface area (Å²) in [4.78, 5) is 12.1. The number of methoxy groups -OCH3 is 1. The summed E-state index contributed by atoms with van der Waals surface area (Å²) < 4.78 is 10.9. The maximum absolute atomic E-state index is 12.1. The van der Waals surface area contributed by atoms with Crippen molar-refractivity contribution < 1.29 is 13.9 Å². The third-order valence-corrected chi connectivity index (χ3v) is 4.53. The maximum atomic E-state index is 12.1. The van der Waals surface area contributed by atoms with E-state index >= 15 is 0 Å². The van der Waals surface area contributed by atoms with Crippen molar-refractivity contribution in [2.45, 2.75) is 18.6 Å². The van der Waals surface area contributed by atoms with Crippen LogP contribution in [0.25, 0.3) is 11.5 Å². The molecule has 26 heavy (non-hydrogen) atoms. The minimum atomic E-state index is -0.128. The van der Waals surface area contributed by atoms with Gasteiger partial charge in [-0.3, -0.25) is 4.79 Å². The molecule has 0 aliphatic rings. The number of hydrogen-bond acceptors (Lipinski definition) is 6. The van der Waals surface area contributed by atoms with Gasteiger partial charge in [0.25, 0.3) is 11.1 Å². The monoisotopic (exact) mass is 369 g/mol. The van der Waals surface area contributed by atoms with Gasteiger partial charge in [-0.1, -0.05) is 43.0 Å². The molecule has 0 saturated carbocycles. The van der Waals surface area contributed by atoms with Crippen molar-refractivity contribution in [2.75, 3.05) is 18.2 Å². The molecule has 1 heterocycles. The topological polar surface area (TPSA) is 77.2 Å². The number of aromatic nitrogens is 2. The van der Waals surface area contributed by atoms with Gasteiger partial charge in [-0.05, 0) is 36.2 Å². The summed E-state index contributed by atoms with van der Waals surface area (Å²) in [6.45, 7) is 2.09. The number of carbonyl (C=O) groups excluding carboxylic acids is 1. The third kappa shape index (κ3) is 4.43. The highest BCUT2D eigenvalue weighted by atomic mass is 32.2. The number of amides is 1. The average Bonchev–Trinajstić information content (AvgIpc) is 3.16. The molecule has 0 spiro atoms. The first-order chi connectivity index (χ1) is 12.7. The van der Waals surface area contributed by atoms with E-state index in [1.807, 2.05) is 48.5 Å². The number of para-hydroxylation sites is 1. The molecular weight excluding hydrogens is 350 g/mol. The number of nitrogens with one attached hydrogen (secondary N) is 1. The lowest BCUT2D eigenvalue weighted by Gasteiger charge is -2.05. The molecule has 0 aliphatic carbocycles. The molecule has 7 heteroatoms. The molecule has 0 radical (unpaired) electrons. The SMILES string of the molecule is CCc1ccc(NC(=O)CSc2nnc(-c3ccccc3OC)o2)cc1. The van der Waals surface area contributed by atoms with Crippen molar-refractivity contribution in [3.05, 3.63) is 54.1 Å². The van der Waals surface area contributed by atoms with Crippen LogP contribution in [0, 0.1) is 0 Å². The van der Waals surface area contributed by atoms with Crippen molar-refractivity contribution in [1.29, 1.82) is 0 Å². The molecule has 3 rings (SSSR count).